The Balaban J connectivity index is 0.000000145. The van der Waals surface area contributed by atoms with Crippen LogP contribution in [0.2, 0.25) is 0 Å². The summed E-state index contributed by atoms with van der Waals surface area (Å²) >= 11 is 0. The molecule has 264 valence electrons. The molecule has 15 nitrogen and oxygen atoms in total. The number of hydrogen-bond donors (Lipinski definition) is 5. The molecule has 2 fully saturated rings. The molecule has 0 bridgehead atoms. The fourth-order valence-corrected chi connectivity index (χ4v) is 5.59. The van der Waals surface area contributed by atoms with E-state index in [0.29, 0.717) is 29.3 Å². The van der Waals surface area contributed by atoms with Crippen LogP contribution in [0.15, 0.2) is 106 Å². The highest BCUT2D eigenvalue weighted by Crippen LogP contribution is 2.32. The summed E-state index contributed by atoms with van der Waals surface area (Å²) in [6.07, 6.45) is 7.39. The Morgan fingerprint density at radius 1 is 0.725 bits per heavy atom. The normalized spacial score (nSPS) is 19.0. The number of carbonyl (C=O) groups is 2. The number of aliphatic hydroxyl groups is 2. The number of aliphatic hydroxyl groups excluding tert-OH is 2. The average Bonchev–Trinajstić information content (AvgIpc) is 3.96. The van der Waals surface area contributed by atoms with Crippen molar-refractivity contribution in [2.24, 2.45) is 5.73 Å². The topological polar surface area (TPSA) is 221 Å². The Bertz CT molecular complexity index is 2010. The monoisotopic (exact) mass is 694 g/mol. The van der Waals surface area contributed by atoms with E-state index in [9.17, 15) is 9.59 Å². The van der Waals surface area contributed by atoms with Crippen molar-refractivity contribution in [1.82, 2.24) is 35.2 Å². The molecule has 6 N–H and O–H groups in total. The molecule has 0 radical (unpaired) electrons. The summed E-state index contributed by atoms with van der Waals surface area (Å²) < 4.78 is 13.9. The largest absolute Gasteiger partial charge is 0.476 e. The molecule has 6 aromatic rings. The Morgan fingerprint density at radius 2 is 1.20 bits per heavy atom. The van der Waals surface area contributed by atoms with Gasteiger partial charge in [-0.1, -0.05) is 71.0 Å². The smallest absolute Gasteiger partial charge is 0.358 e. The van der Waals surface area contributed by atoms with Gasteiger partial charge in [0, 0.05) is 47.7 Å². The summed E-state index contributed by atoms with van der Waals surface area (Å²) in [4.78, 5) is 22.8. The van der Waals surface area contributed by atoms with Crippen molar-refractivity contribution in [3.8, 4) is 22.6 Å². The van der Waals surface area contributed by atoms with Gasteiger partial charge < -0.3 is 35.4 Å². The van der Waals surface area contributed by atoms with E-state index >= 15 is 0 Å². The highest BCUT2D eigenvalue weighted by atomic mass is 16.5. The van der Waals surface area contributed by atoms with Gasteiger partial charge in [0.1, 0.15) is 0 Å². The summed E-state index contributed by atoms with van der Waals surface area (Å²) in [6.45, 7) is -0.0401. The van der Waals surface area contributed by atoms with Gasteiger partial charge in [-0.15, -0.1) is 0 Å². The first-order valence-electron chi connectivity index (χ1n) is 16.4. The fourth-order valence-electron chi connectivity index (χ4n) is 5.59. The Hall–Kier alpha value is -5.90. The minimum Gasteiger partial charge on any atom is -0.476 e. The summed E-state index contributed by atoms with van der Waals surface area (Å²) in [6, 6.07) is 26.6. The van der Waals surface area contributed by atoms with Crippen LogP contribution in [0.1, 0.15) is 70.1 Å². The first-order chi connectivity index (χ1) is 24.8. The van der Waals surface area contributed by atoms with E-state index in [0.717, 1.165) is 42.5 Å². The number of hydrogen-bond acceptors (Lipinski definition) is 11. The number of rotatable bonds is 9. The quantitative estimate of drug-likeness (QED) is 0.143. The van der Waals surface area contributed by atoms with Crippen LogP contribution < -0.4 is 11.1 Å². The van der Waals surface area contributed by atoms with Crippen molar-refractivity contribution in [2.75, 3.05) is 0 Å². The maximum absolute atomic E-state index is 12.3. The van der Waals surface area contributed by atoms with Crippen molar-refractivity contribution in [3.63, 3.8) is 0 Å². The molecule has 0 saturated heterocycles. The highest BCUT2D eigenvalue weighted by molar-refractivity contribution is 5.93. The van der Waals surface area contributed by atoms with Crippen molar-refractivity contribution < 1.29 is 34.0 Å². The van der Waals surface area contributed by atoms with E-state index in [1.807, 2.05) is 88.5 Å². The van der Waals surface area contributed by atoms with Crippen LogP contribution in [0.5, 0.6) is 0 Å². The van der Waals surface area contributed by atoms with Gasteiger partial charge in [0.2, 0.25) is 0 Å². The molecule has 0 aliphatic heterocycles. The second kappa shape index (κ2) is 16.2. The van der Waals surface area contributed by atoms with Crippen LogP contribution in [0.3, 0.4) is 0 Å². The van der Waals surface area contributed by atoms with Gasteiger partial charge in [-0.05, 0) is 37.8 Å². The number of nitrogens with zero attached hydrogens (tertiary/aromatic N) is 6. The Labute approximate surface area is 292 Å². The second-order valence-electron chi connectivity index (χ2n) is 12.3. The van der Waals surface area contributed by atoms with Crippen molar-refractivity contribution in [1.29, 1.82) is 0 Å². The summed E-state index contributed by atoms with van der Waals surface area (Å²) in [7, 11) is 0. The van der Waals surface area contributed by atoms with Crippen LogP contribution in [0.25, 0.3) is 22.6 Å². The first kappa shape index (κ1) is 34.9. The van der Waals surface area contributed by atoms with Crippen molar-refractivity contribution >= 4 is 11.9 Å². The number of nitrogens with one attached hydrogen (secondary N) is 1. The van der Waals surface area contributed by atoms with Crippen LogP contribution in [0.4, 0.5) is 0 Å². The molecule has 2 aliphatic rings. The molecular weight excluding hydrogens is 656 g/mol. The van der Waals surface area contributed by atoms with Gasteiger partial charge in [-0.3, -0.25) is 14.2 Å². The minimum absolute atomic E-state index is 0.0196. The van der Waals surface area contributed by atoms with E-state index < -0.39 is 5.97 Å². The fraction of sp³-hybridized carbons (Fsp3) is 0.278. The van der Waals surface area contributed by atoms with Crippen LogP contribution in [0, 0.1) is 0 Å². The zero-order valence-electron chi connectivity index (χ0n) is 27.5. The van der Waals surface area contributed by atoms with Gasteiger partial charge in [0.15, 0.2) is 22.9 Å². The standard InChI is InChI=1S/C18H18N4O3.C10H7NO3.C8H13N3O/c23-11-13-6-7-22(20-13)15-8-14(9-15)19-18(24)16-10-17(25-21-16)12-4-2-1-3-5-12;12-10(13)8-6-9(14-11-8)7-4-2-1-3-5-7;9-6-3-8(4-6)11-2-1-7(5-12)10-11/h1-7,10,14-15,23H,8-9,11H2,(H,19,24);1-6H,(H,12,13);1-2,6,8,12H,3-5,9H2. The van der Waals surface area contributed by atoms with Crippen molar-refractivity contribution in [3.05, 3.63) is 120 Å². The molecule has 8 rings (SSSR count). The lowest BCUT2D eigenvalue weighted by Gasteiger charge is -2.35. The SMILES string of the molecule is NC1CC(n2ccc(CO)n2)C1.O=C(NC1CC(n2ccc(CO)n2)C1)c1cc(-c2ccccc2)on1.O=C(O)c1cc(-c2ccccc2)on1. The molecule has 15 heteroatoms. The second-order valence-corrected chi connectivity index (χ2v) is 12.3. The number of aromatic nitrogens is 6. The van der Waals surface area contributed by atoms with Gasteiger partial charge in [-0.2, -0.15) is 10.2 Å². The van der Waals surface area contributed by atoms with Gasteiger partial charge in [-0.25, -0.2) is 4.79 Å². The first-order valence-corrected chi connectivity index (χ1v) is 16.4. The van der Waals surface area contributed by atoms with E-state index in [-0.39, 0.29) is 42.6 Å². The number of benzene rings is 2. The molecule has 51 heavy (non-hydrogen) atoms. The third kappa shape index (κ3) is 8.83. The minimum atomic E-state index is -1.09. The molecule has 2 aromatic carbocycles. The van der Waals surface area contributed by atoms with E-state index in [2.05, 4.69) is 25.8 Å². The van der Waals surface area contributed by atoms with E-state index in [1.54, 1.807) is 12.1 Å². The molecule has 2 saturated carbocycles. The third-order valence-electron chi connectivity index (χ3n) is 8.59. The molecule has 0 atom stereocenters. The summed E-state index contributed by atoms with van der Waals surface area (Å²) in [5, 5.41) is 45.2. The highest BCUT2D eigenvalue weighted by Gasteiger charge is 2.33. The zero-order chi connectivity index (χ0) is 35.7. The number of carboxylic acids is 1. The predicted molar refractivity (Wildman–Crippen MR) is 183 cm³/mol. The molecule has 4 aromatic heterocycles. The lowest BCUT2D eigenvalue weighted by Crippen LogP contribution is -2.45. The van der Waals surface area contributed by atoms with Gasteiger partial charge in [0.25, 0.3) is 5.91 Å². The maximum Gasteiger partial charge on any atom is 0.358 e. The maximum atomic E-state index is 12.3. The molecule has 0 spiro atoms. The molecule has 4 heterocycles. The van der Waals surface area contributed by atoms with Crippen LogP contribution in [-0.2, 0) is 13.2 Å². The number of amides is 1. The Kier molecular flexibility index (Phi) is 11.1. The number of carbonyl (C=O) groups excluding carboxylic acids is 1. The van der Waals surface area contributed by atoms with Gasteiger partial charge in [0.05, 0.1) is 36.7 Å². The Morgan fingerprint density at radius 3 is 1.63 bits per heavy atom. The molecule has 1 amide bonds. The van der Waals surface area contributed by atoms with E-state index in [1.165, 1.54) is 6.07 Å². The van der Waals surface area contributed by atoms with Crippen LogP contribution >= 0.6 is 0 Å². The predicted octanol–water partition coefficient (Wildman–Crippen LogP) is 4.24. The third-order valence-corrected chi connectivity index (χ3v) is 8.59. The number of carboxylic acid groups (broad SMARTS) is 1. The molecule has 0 unspecified atom stereocenters. The summed E-state index contributed by atoms with van der Waals surface area (Å²) in [5.41, 5.74) is 8.94. The van der Waals surface area contributed by atoms with Crippen LogP contribution in [-0.4, -0.2) is 69.2 Å². The lowest BCUT2D eigenvalue weighted by molar-refractivity contribution is 0.0685. The average molecular weight is 695 g/mol. The zero-order valence-corrected chi connectivity index (χ0v) is 27.5. The van der Waals surface area contributed by atoms with E-state index in [4.69, 9.17) is 30.1 Å². The van der Waals surface area contributed by atoms with Gasteiger partial charge >= 0.3 is 5.97 Å². The summed E-state index contributed by atoms with van der Waals surface area (Å²) in [5.74, 6) is -0.282. The molecule has 2 aliphatic carbocycles. The lowest BCUT2D eigenvalue weighted by atomic mass is 9.87. The number of nitrogens with two attached hydrogens (primary N) is 1. The van der Waals surface area contributed by atoms with Crippen molar-refractivity contribution in [2.45, 2.75) is 63.1 Å². The molecular formula is C36H38N8O7. The number of aromatic carboxylic acids is 1.